The summed E-state index contributed by atoms with van der Waals surface area (Å²) in [7, 11) is 0. The van der Waals surface area contributed by atoms with Gasteiger partial charge in [0.1, 0.15) is 12.4 Å². The number of quaternary nitrogens is 1. The number of hydrogen-bond acceptors (Lipinski definition) is 0. The van der Waals surface area contributed by atoms with Gasteiger partial charge in [-0.05, 0) is 37.8 Å². The zero-order valence-electron chi connectivity index (χ0n) is 10.8. The van der Waals surface area contributed by atoms with Crippen molar-refractivity contribution in [3.05, 3.63) is 34.6 Å². The Balaban J connectivity index is 1.89. The van der Waals surface area contributed by atoms with Crippen LogP contribution in [0.2, 0.25) is 5.02 Å². The third kappa shape index (κ3) is 3.96. The van der Waals surface area contributed by atoms with Crippen LogP contribution in [0.15, 0.2) is 18.2 Å². The van der Waals surface area contributed by atoms with Crippen LogP contribution in [0.25, 0.3) is 0 Å². The predicted molar refractivity (Wildman–Crippen MR) is 73.1 cm³/mol. The zero-order chi connectivity index (χ0) is 12.8. The first-order chi connectivity index (χ1) is 8.77. The minimum absolute atomic E-state index is 0.176. The molecule has 18 heavy (non-hydrogen) atoms. The quantitative estimate of drug-likeness (QED) is 0.863. The molecule has 1 aromatic rings. The van der Waals surface area contributed by atoms with Crippen LogP contribution in [0, 0.1) is 5.82 Å². The van der Waals surface area contributed by atoms with E-state index < -0.39 is 0 Å². The molecule has 100 valence electrons. The Morgan fingerprint density at radius 3 is 2.44 bits per heavy atom. The highest BCUT2D eigenvalue weighted by molar-refractivity contribution is 6.31. The lowest BCUT2D eigenvalue weighted by molar-refractivity contribution is -0.706. The normalized spacial score (nSPS) is 18.3. The van der Waals surface area contributed by atoms with Gasteiger partial charge in [-0.2, -0.15) is 0 Å². The molecule has 2 N–H and O–H groups in total. The van der Waals surface area contributed by atoms with Crippen molar-refractivity contribution in [1.82, 2.24) is 0 Å². The number of halogens is 2. The van der Waals surface area contributed by atoms with Crippen LogP contribution >= 0.6 is 11.6 Å². The molecule has 2 rings (SSSR count). The van der Waals surface area contributed by atoms with Gasteiger partial charge in [-0.25, -0.2) is 4.39 Å². The van der Waals surface area contributed by atoms with E-state index >= 15 is 0 Å². The lowest BCUT2D eigenvalue weighted by Gasteiger charge is -2.18. The highest BCUT2D eigenvalue weighted by Gasteiger charge is 2.16. The number of hydrogen-bond donors (Lipinski definition) is 1. The van der Waals surface area contributed by atoms with Crippen LogP contribution in [-0.4, -0.2) is 6.04 Å². The minimum atomic E-state index is -0.176. The topological polar surface area (TPSA) is 16.6 Å². The number of benzene rings is 1. The van der Waals surface area contributed by atoms with Crippen LogP contribution in [0.1, 0.15) is 50.5 Å². The Hall–Kier alpha value is -0.600. The van der Waals surface area contributed by atoms with Gasteiger partial charge in [-0.15, -0.1) is 0 Å². The maximum absolute atomic E-state index is 13.6. The highest BCUT2D eigenvalue weighted by atomic mass is 35.5. The molecule has 1 nitrogen and oxygen atoms in total. The first kappa shape index (κ1) is 13.8. The largest absolute Gasteiger partial charge is 0.340 e. The van der Waals surface area contributed by atoms with Gasteiger partial charge < -0.3 is 5.32 Å². The van der Waals surface area contributed by atoms with Crippen LogP contribution in [0.3, 0.4) is 0 Å². The van der Waals surface area contributed by atoms with Crippen LogP contribution in [-0.2, 0) is 6.54 Å². The summed E-state index contributed by atoms with van der Waals surface area (Å²) in [5.74, 6) is -0.176. The van der Waals surface area contributed by atoms with Crippen molar-refractivity contribution < 1.29 is 9.71 Å². The average molecular weight is 271 g/mol. The summed E-state index contributed by atoms with van der Waals surface area (Å²) >= 11 is 6.05. The fraction of sp³-hybridized carbons (Fsp3) is 0.600. The molecular weight excluding hydrogens is 249 g/mol. The number of nitrogens with two attached hydrogens (primary N) is 1. The minimum Gasteiger partial charge on any atom is -0.340 e. The molecule has 0 spiro atoms. The summed E-state index contributed by atoms with van der Waals surface area (Å²) in [5, 5.41) is 2.83. The fourth-order valence-electron chi connectivity index (χ4n) is 2.74. The molecule has 0 amide bonds. The molecule has 0 atom stereocenters. The molecule has 0 saturated heterocycles. The summed E-state index contributed by atoms with van der Waals surface area (Å²) in [6.45, 7) is 0.663. The van der Waals surface area contributed by atoms with Crippen molar-refractivity contribution in [2.45, 2.75) is 57.5 Å². The van der Waals surface area contributed by atoms with E-state index in [0.29, 0.717) is 23.2 Å². The van der Waals surface area contributed by atoms with Crippen molar-refractivity contribution in [3.8, 4) is 0 Å². The standard InChI is InChI=1S/C15H21ClFN/c16-14-9-6-10-15(17)13(14)11-18-12-7-4-2-1-3-5-8-12/h6,9-10,12,18H,1-5,7-8,11H2/p+1. The van der Waals surface area contributed by atoms with Gasteiger partial charge in [0, 0.05) is 0 Å². The molecule has 0 unspecified atom stereocenters. The van der Waals surface area contributed by atoms with Crippen LogP contribution < -0.4 is 5.32 Å². The van der Waals surface area contributed by atoms with E-state index in [2.05, 4.69) is 5.32 Å². The number of rotatable bonds is 3. The summed E-state index contributed by atoms with van der Waals surface area (Å²) in [6.07, 6.45) is 9.22. The molecule has 1 aliphatic carbocycles. The van der Waals surface area contributed by atoms with Crippen molar-refractivity contribution in [1.29, 1.82) is 0 Å². The third-order valence-electron chi connectivity index (χ3n) is 3.87. The van der Waals surface area contributed by atoms with Gasteiger partial charge in [0.15, 0.2) is 0 Å². The van der Waals surface area contributed by atoms with Crippen molar-refractivity contribution in [2.75, 3.05) is 0 Å². The molecule has 0 radical (unpaired) electrons. The lowest BCUT2D eigenvalue weighted by Crippen LogP contribution is -2.88. The second-order valence-corrected chi connectivity index (χ2v) is 5.65. The van der Waals surface area contributed by atoms with Crippen LogP contribution in [0.4, 0.5) is 4.39 Å². The van der Waals surface area contributed by atoms with E-state index in [-0.39, 0.29) is 5.82 Å². The van der Waals surface area contributed by atoms with E-state index in [0.717, 1.165) is 0 Å². The molecular formula is C15H22ClFN+. The maximum Gasteiger partial charge on any atom is 0.133 e. The van der Waals surface area contributed by atoms with Gasteiger partial charge in [-0.3, -0.25) is 0 Å². The molecule has 0 heterocycles. The summed E-state index contributed by atoms with van der Waals surface area (Å²) in [5.41, 5.74) is 0.654. The Morgan fingerprint density at radius 2 is 1.78 bits per heavy atom. The second kappa shape index (κ2) is 7.10. The molecule has 0 aromatic heterocycles. The first-order valence-corrected chi connectivity index (χ1v) is 7.41. The molecule has 1 saturated carbocycles. The SMILES string of the molecule is Fc1cccc(Cl)c1C[NH2+]C1CCCCCCC1. The second-order valence-electron chi connectivity index (χ2n) is 5.25. The zero-order valence-corrected chi connectivity index (χ0v) is 11.6. The summed E-state index contributed by atoms with van der Waals surface area (Å²) < 4.78 is 13.6. The molecule has 1 aromatic carbocycles. The summed E-state index contributed by atoms with van der Waals surface area (Å²) in [6, 6.07) is 5.57. The van der Waals surface area contributed by atoms with E-state index in [1.807, 2.05) is 0 Å². The Morgan fingerprint density at radius 1 is 1.11 bits per heavy atom. The Kier molecular flexibility index (Phi) is 5.45. The van der Waals surface area contributed by atoms with Crippen LogP contribution in [0.5, 0.6) is 0 Å². The van der Waals surface area contributed by atoms with E-state index in [4.69, 9.17) is 11.6 Å². The monoisotopic (exact) mass is 270 g/mol. The molecule has 0 aliphatic heterocycles. The van der Waals surface area contributed by atoms with E-state index in [1.165, 1.54) is 51.0 Å². The predicted octanol–water partition coefficient (Wildman–Crippen LogP) is 3.66. The molecule has 1 aliphatic rings. The maximum atomic E-state index is 13.6. The highest BCUT2D eigenvalue weighted by Crippen LogP contribution is 2.18. The van der Waals surface area contributed by atoms with Gasteiger partial charge in [-0.1, -0.05) is 36.9 Å². The van der Waals surface area contributed by atoms with Crippen molar-refractivity contribution >= 4 is 11.6 Å². The Labute approximate surface area is 114 Å². The lowest BCUT2D eigenvalue weighted by atomic mass is 9.96. The Bertz CT molecular complexity index is 353. The third-order valence-corrected chi connectivity index (χ3v) is 4.22. The molecule has 1 fully saturated rings. The van der Waals surface area contributed by atoms with Crippen molar-refractivity contribution in [2.24, 2.45) is 0 Å². The van der Waals surface area contributed by atoms with Gasteiger partial charge in [0.25, 0.3) is 0 Å². The molecule has 0 bridgehead atoms. The molecule has 3 heteroatoms. The van der Waals surface area contributed by atoms with Gasteiger partial charge >= 0.3 is 0 Å². The average Bonchev–Trinajstić information content (AvgIpc) is 2.30. The summed E-state index contributed by atoms with van der Waals surface area (Å²) in [4.78, 5) is 0. The van der Waals surface area contributed by atoms with E-state index in [1.54, 1.807) is 12.1 Å². The smallest absolute Gasteiger partial charge is 0.133 e. The first-order valence-electron chi connectivity index (χ1n) is 7.03. The van der Waals surface area contributed by atoms with Crippen molar-refractivity contribution in [3.63, 3.8) is 0 Å². The van der Waals surface area contributed by atoms with E-state index in [9.17, 15) is 4.39 Å². The van der Waals surface area contributed by atoms with Gasteiger partial charge in [0.05, 0.1) is 16.6 Å². The van der Waals surface area contributed by atoms with Gasteiger partial charge in [0.2, 0.25) is 0 Å². The fourth-order valence-corrected chi connectivity index (χ4v) is 2.98.